The zero-order chi connectivity index (χ0) is 14.2. The lowest BCUT2D eigenvalue weighted by Gasteiger charge is -2.04. The Morgan fingerprint density at radius 3 is 2.43 bits per heavy atom. The van der Waals surface area contributed by atoms with Gasteiger partial charge >= 0.3 is 0 Å². The molecule has 2 aromatic carbocycles. The minimum absolute atomic E-state index is 0.148. The molecular formula is C17H11N3O. The number of aromatic nitrogens is 3. The lowest BCUT2D eigenvalue weighted by atomic mass is 10.2. The van der Waals surface area contributed by atoms with Crippen molar-refractivity contribution in [2.45, 2.75) is 0 Å². The van der Waals surface area contributed by atoms with Crippen LogP contribution in [0.4, 0.5) is 0 Å². The maximum absolute atomic E-state index is 12.1. The summed E-state index contributed by atoms with van der Waals surface area (Å²) in [6.07, 6.45) is 0. The predicted octanol–water partition coefficient (Wildman–Crippen LogP) is 3.14. The van der Waals surface area contributed by atoms with E-state index in [2.05, 4.69) is 15.0 Å². The molecule has 2 heterocycles. The summed E-state index contributed by atoms with van der Waals surface area (Å²) in [5.74, 6) is 0.490. The normalized spacial score (nSPS) is 11.0. The highest BCUT2D eigenvalue weighted by Crippen LogP contribution is 2.18. The molecule has 0 amide bonds. The van der Waals surface area contributed by atoms with Gasteiger partial charge in [-0.15, -0.1) is 0 Å². The van der Waals surface area contributed by atoms with Crippen molar-refractivity contribution in [1.29, 1.82) is 0 Å². The Hall–Kier alpha value is -3.01. The van der Waals surface area contributed by atoms with Crippen LogP contribution in [0, 0.1) is 0 Å². The molecule has 0 atom stereocenters. The molecule has 1 N–H and O–H groups in total. The monoisotopic (exact) mass is 273 g/mol. The van der Waals surface area contributed by atoms with E-state index in [9.17, 15) is 4.79 Å². The van der Waals surface area contributed by atoms with Crippen LogP contribution in [0.5, 0.6) is 0 Å². The van der Waals surface area contributed by atoms with Gasteiger partial charge in [0.1, 0.15) is 5.69 Å². The number of hydrogen-bond donors (Lipinski definition) is 1. The summed E-state index contributed by atoms with van der Waals surface area (Å²) in [4.78, 5) is 24.0. The molecule has 4 heteroatoms. The molecule has 4 rings (SSSR count). The lowest BCUT2D eigenvalue weighted by Crippen LogP contribution is -2.09. The maximum atomic E-state index is 12.1. The molecule has 100 valence electrons. The van der Waals surface area contributed by atoms with Crippen molar-refractivity contribution in [2.75, 3.05) is 0 Å². The van der Waals surface area contributed by atoms with Gasteiger partial charge in [0.25, 0.3) is 5.56 Å². The highest BCUT2D eigenvalue weighted by Gasteiger charge is 2.07. The summed E-state index contributed by atoms with van der Waals surface area (Å²) < 4.78 is 0. The first-order chi connectivity index (χ1) is 10.3. The van der Waals surface area contributed by atoms with Crippen molar-refractivity contribution in [1.82, 2.24) is 15.0 Å². The Morgan fingerprint density at radius 1 is 0.762 bits per heavy atom. The van der Waals surface area contributed by atoms with E-state index in [1.165, 1.54) is 0 Å². The van der Waals surface area contributed by atoms with Gasteiger partial charge in [-0.25, -0.2) is 9.97 Å². The SMILES string of the molecule is O=c1[nH]c(-c2ccc3ccccc3n2)nc2ccccc12. The van der Waals surface area contributed by atoms with Crippen LogP contribution in [0.3, 0.4) is 0 Å². The van der Waals surface area contributed by atoms with Gasteiger partial charge in [0.05, 0.1) is 16.4 Å². The number of rotatable bonds is 1. The number of nitrogens with one attached hydrogen (secondary N) is 1. The van der Waals surface area contributed by atoms with E-state index in [0.29, 0.717) is 22.4 Å². The molecular weight excluding hydrogens is 262 g/mol. The number of nitrogens with zero attached hydrogens (tertiary/aromatic N) is 2. The lowest BCUT2D eigenvalue weighted by molar-refractivity contribution is 1.15. The van der Waals surface area contributed by atoms with Crippen molar-refractivity contribution in [3.8, 4) is 11.5 Å². The van der Waals surface area contributed by atoms with Crippen LogP contribution in [-0.2, 0) is 0 Å². The second-order valence-electron chi connectivity index (χ2n) is 4.82. The third-order valence-electron chi connectivity index (χ3n) is 3.45. The van der Waals surface area contributed by atoms with Crippen LogP contribution < -0.4 is 5.56 Å². The molecule has 0 spiro atoms. The van der Waals surface area contributed by atoms with Crippen LogP contribution in [0.2, 0.25) is 0 Å². The highest BCUT2D eigenvalue weighted by molar-refractivity contribution is 5.82. The van der Waals surface area contributed by atoms with E-state index in [1.807, 2.05) is 54.6 Å². The van der Waals surface area contributed by atoms with Crippen LogP contribution in [-0.4, -0.2) is 15.0 Å². The zero-order valence-corrected chi connectivity index (χ0v) is 11.1. The van der Waals surface area contributed by atoms with Crippen molar-refractivity contribution in [3.05, 3.63) is 71.0 Å². The first-order valence-electron chi connectivity index (χ1n) is 6.66. The van der Waals surface area contributed by atoms with Gasteiger partial charge in [0.15, 0.2) is 5.82 Å². The van der Waals surface area contributed by atoms with Gasteiger partial charge in [0, 0.05) is 5.39 Å². The summed E-state index contributed by atoms with van der Waals surface area (Å²) >= 11 is 0. The van der Waals surface area contributed by atoms with E-state index in [-0.39, 0.29) is 5.56 Å². The first-order valence-corrected chi connectivity index (χ1v) is 6.66. The second kappa shape index (κ2) is 4.52. The van der Waals surface area contributed by atoms with Crippen LogP contribution in [0.25, 0.3) is 33.3 Å². The summed E-state index contributed by atoms with van der Waals surface area (Å²) in [5.41, 5.74) is 2.07. The number of pyridine rings is 1. The largest absolute Gasteiger partial charge is 0.305 e. The predicted molar refractivity (Wildman–Crippen MR) is 83.1 cm³/mol. The third kappa shape index (κ3) is 1.97. The Bertz CT molecular complexity index is 1020. The number of hydrogen-bond acceptors (Lipinski definition) is 3. The molecule has 4 nitrogen and oxygen atoms in total. The van der Waals surface area contributed by atoms with Crippen LogP contribution >= 0.6 is 0 Å². The number of benzene rings is 2. The van der Waals surface area contributed by atoms with Crippen LogP contribution in [0.1, 0.15) is 0 Å². The van der Waals surface area contributed by atoms with E-state index < -0.39 is 0 Å². The molecule has 2 aromatic heterocycles. The van der Waals surface area contributed by atoms with Crippen molar-refractivity contribution in [2.24, 2.45) is 0 Å². The molecule has 0 radical (unpaired) electrons. The average molecular weight is 273 g/mol. The molecule has 21 heavy (non-hydrogen) atoms. The Morgan fingerprint density at radius 2 is 1.52 bits per heavy atom. The summed E-state index contributed by atoms with van der Waals surface area (Å²) in [6, 6.07) is 19.0. The van der Waals surface area contributed by atoms with Gasteiger partial charge < -0.3 is 4.98 Å². The Kier molecular flexibility index (Phi) is 2.54. The van der Waals surface area contributed by atoms with Gasteiger partial charge in [-0.1, -0.05) is 36.4 Å². The van der Waals surface area contributed by atoms with Gasteiger partial charge in [0.2, 0.25) is 0 Å². The van der Waals surface area contributed by atoms with Crippen molar-refractivity contribution in [3.63, 3.8) is 0 Å². The molecule has 0 bridgehead atoms. The first kappa shape index (κ1) is 11.8. The highest BCUT2D eigenvalue weighted by atomic mass is 16.1. The van der Waals surface area contributed by atoms with E-state index in [1.54, 1.807) is 6.07 Å². The minimum Gasteiger partial charge on any atom is -0.305 e. The fraction of sp³-hybridized carbons (Fsp3) is 0. The van der Waals surface area contributed by atoms with Gasteiger partial charge in [-0.2, -0.15) is 0 Å². The summed E-state index contributed by atoms with van der Waals surface area (Å²) in [6.45, 7) is 0. The summed E-state index contributed by atoms with van der Waals surface area (Å²) in [5, 5.41) is 1.64. The van der Waals surface area contributed by atoms with Crippen LogP contribution in [0.15, 0.2) is 65.5 Å². The minimum atomic E-state index is -0.148. The van der Waals surface area contributed by atoms with E-state index in [4.69, 9.17) is 0 Å². The molecule has 0 aliphatic carbocycles. The number of H-pyrrole nitrogens is 1. The van der Waals surface area contributed by atoms with Crippen molar-refractivity contribution < 1.29 is 0 Å². The maximum Gasteiger partial charge on any atom is 0.259 e. The Balaban J connectivity index is 1.97. The van der Waals surface area contributed by atoms with E-state index in [0.717, 1.165) is 10.9 Å². The number of fused-ring (bicyclic) bond motifs is 2. The number of para-hydroxylation sites is 2. The smallest absolute Gasteiger partial charge is 0.259 e. The topological polar surface area (TPSA) is 58.6 Å². The molecule has 0 aliphatic heterocycles. The fourth-order valence-electron chi connectivity index (χ4n) is 2.41. The molecule has 0 saturated heterocycles. The van der Waals surface area contributed by atoms with Crippen molar-refractivity contribution >= 4 is 21.8 Å². The van der Waals surface area contributed by atoms with E-state index >= 15 is 0 Å². The van der Waals surface area contributed by atoms with Gasteiger partial charge in [-0.3, -0.25) is 4.79 Å². The standard InChI is InChI=1S/C17H11N3O/c21-17-12-6-2-4-8-14(12)19-16(20-17)15-10-9-11-5-1-3-7-13(11)18-15/h1-10H,(H,19,20,21). The molecule has 0 aliphatic rings. The third-order valence-corrected chi connectivity index (χ3v) is 3.45. The second-order valence-corrected chi connectivity index (χ2v) is 4.82. The quantitative estimate of drug-likeness (QED) is 0.579. The zero-order valence-electron chi connectivity index (χ0n) is 11.1. The molecule has 4 aromatic rings. The number of aromatic amines is 1. The summed E-state index contributed by atoms with van der Waals surface area (Å²) in [7, 11) is 0. The molecule has 0 unspecified atom stereocenters. The van der Waals surface area contributed by atoms with Gasteiger partial charge in [-0.05, 0) is 24.3 Å². The molecule has 0 fully saturated rings. The Labute approximate surface area is 120 Å². The molecule has 0 saturated carbocycles. The fourth-order valence-corrected chi connectivity index (χ4v) is 2.41. The average Bonchev–Trinajstić information content (AvgIpc) is 2.54.